The molecule has 0 fully saturated rings. The molecule has 0 N–H and O–H groups in total. The molecule has 2 nitrogen and oxygen atoms in total. The fourth-order valence-electron chi connectivity index (χ4n) is 1.07. The molecule has 1 atom stereocenters. The Morgan fingerprint density at radius 1 is 1.60 bits per heavy atom. The average Bonchev–Trinajstić information content (AvgIpc) is 2.04. The van der Waals surface area contributed by atoms with Gasteiger partial charge >= 0.3 is 0 Å². The van der Waals surface area contributed by atoms with Gasteiger partial charge in [-0.05, 0) is 19.4 Å². The normalized spacial score (nSPS) is 23.8. The third-order valence-corrected chi connectivity index (χ3v) is 1.64. The topological polar surface area (TPSA) is 15.6 Å². The Kier molecular flexibility index (Phi) is 2.49. The maximum absolute atomic E-state index is 4.28. The van der Waals surface area contributed by atoms with Crippen LogP contribution < -0.4 is 0 Å². The second kappa shape index (κ2) is 3.40. The highest BCUT2D eigenvalue weighted by Crippen LogP contribution is 2.07. The molecule has 0 saturated carbocycles. The Morgan fingerprint density at radius 2 is 2.40 bits per heavy atom. The summed E-state index contributed by atoms with van der Waals surface area (Å²) in [4.78, 5) is 6.39. The van der Waals surface area contributed by atoms with E-state index >= 15 is 0 Å². The first-order valence-electron chi connectivity index (χ1n) is 3.76. The van der Waals surface area contributed by atoms with Gasteiger partial charge in [0, 0.05) is 12.8 Å². The summed E-state index contributed by atoms with van der Waals surface area (Å²) in [6.45, 7) is 5.24. The summed E-state index contributed by atoms with van der Waals surface area (Å²) in [6.07, 6.45) is 8.19. The Labute approximate surface area is 62.3 Å². The largest absolute Gasteiger partial charge is 0.348 e. The number of hydrogen-bond donors (Lipinski definition) is 0. The molecule has 55 valence electrons. The average molecular weight is 137 g/mol. The minimum atomic E-state index is 0.329. The standard InChI is InChI=1S/C8H13N2/c1-3-8-9-6-5-7-10(8)4-2/h5-6,8H,3-4H2,1-2H3. The first-order valence-corrected chi connectivity index (χ1v) is 3.76. The van der Waals surface area contributed by atoms with Crippen molar-refractivity contribution in [2.45, 2.75) is 26.4 Å². The number of allylic oxidation sites excluding steroid dienone is 1. The van der Waals surface area contributed by atoms with Crippen molar-refractivity contribution >= 4 is 6.21 Å². The van der Waals surface area contributed by atoms with Gasteiger partial charge in [-0.3, -0.25) is 4.99 Å². The van der Waals surface area contributed by atoms with Crippen molar-refractivity contribution in [3.05, 3.63) is 12.3 Å². The maximum Gasteiger partial charge on any atom is 0.120 e. The van der Waals surface area contributed by atoms with Crippen LogP contribution in [0, 0.1) is 6.20 Å². The van der Waals surface area contributed by atoms with E-state index < -0.39 is 0 Å². The van der Waals surface area contributed by atoms with Gasteiger partial charge in [0.05, 0.1) is 6.20 Å². The molecule has 1 rings (SSSR count). The molecule has 2 heteroatoms. The van der Waals surface area contributed by atoms with Crippen LogP contribution in [-0.4, -0.2) is 23.8 Å². The van der Waals surface area contributed by atoms with Gasteiger partial charge in [0.25, 0.3) is 0 Å². The summed E-state index contributed by atoms with van der Waals surface area (Å²) in [6, 6.07) is 0. The number of aliphatic imine (C=N–C) groups is 1. The Hall–Kier alpha value is -0.790. The zero-order valence-electron chi connectivity index (χ0n) is 6.54. The fourth-order valence-corrected chi connectivity index (χ4v) is 1.07. The van der Waals surface area contributed by atoms with Crippen molar-refractivity contribution in [3.63, 3.8) is 0 Å². The van der Waals surface area contributed by atoms with Crippen molar-refractivity contribution < 1.29 is 0 Å². The minimum Gasteiger partial charge on any atom is -0.348 e. The van der Waals surface area contributed by atoms with Crippen molar-refractivity contribution in [1.82, 2.24) is 4.90 Å². The van der Waals surface area contributed by atoms with Crippen molar-refractivity contribution in [2.75, 3.05) is 6.54 Å². The molecule has 1 heterocycles. The molecular formula is C8H13N2. The quantitative estimate of drug-likeness (QED) is 0.562. The van der Waals surface area contributed by atoms with E-state index in [1.165, 1.54) is 0 Å². The summed E-state index contributed by atoms with van der Waals surface area (Å²) in [5.41, 5.74) is 0. The third-order valence-electron chi connectivity index (χ3n) is 1.64. The monoisotopic (exact) mass is 137 g/mol. The van der Waals surface area contributed by atoms with Crippen LogP contribution in [0.2, 0.25) is 0 Å². The number of rotatable bonds is 2. The van der Waals surface area contributed by atoms with Crippen LogP contribution in [0.15, 0.2) is 11.1 Å². The Morgan fingerprint density at radius 3 is 2.90 bits per heavy atom. The lowest BCUT2D eigenvalue weighted by atomic mass is 10.3. The molecule has 10 heavy (non-hydrogen) atoms. The van der Waals surface area contributed by atoms with Gasteiger partial charge in [0.1, 0.15) is 6.17 Å². The second-order valence-electron chi connectivity index (χ2n) is 2.27. The van der Waals surface area contributed by atoms with Gasteiger partial charge < -0.3 is 4.90 Å². The summed E-state index contributed by atoms with van der Waals surface area (Å²) < 4.78 is 0. The summed E-state index contributed by atoms with van der Waals surface area (Å²) in [5, 5.41) is 0. The lowest BCUT2D eigenvalue weighted by Crippen LogP contribution is -2.30. The Bertz CT molecular complexity index is 131. The third kappa shape index (κ3) is 1.38. The summed E-state index contributed by atoms with van der Waals surface area (Å²) in [5.74, 6) is 0. The fraction of sp³-hybridized carbons (Fsp3) is 0.625. The molecule has 0 aliphatic carbocycles. The highest BCUT2D eigenvalue weighted by molar-refractivity contribution is 5.71. The van der Waals surface area contributed by atoms with E-state index in [1.807, 2.05) is 12.3 Å². The highest BCUT2D eigenvalue weighted by atomic mass is 15.2. The van der Waals surface area contributed by atoms with Crippen LogP contribution in [0.4, 0.5) is 0 Å². The number of hydrogen-bond acceptors (Lipinski definition) is 2. The van der Waals surface area contributed by atoms with E-state index in [1.54, 1.807) is 0 Å². The van der Waals surface area contributed by atoms with Crippen LogP contribution in [0.5, 0.6) is 0 Å². The molecule has 0 aromatic carbocycles. The van der Waals surface area contributed by atoms with E-state index in [4.69, 9.17) is 0 Å². The zero-order valence-corrected chi connectivity index (χ0v) is 6.54. The lowest BCUT2D eigenvalue weighted by Gasteiger charge is -2.26. The summed E-state index contributed by atoms with van der Waals surface area (Å²) >= 11 is 0. The van der Waals surface area contributed by atoms with Crippen LogP contribution in [0.1, 0.15) is 20.3 Å². The minimum absolute atomic E-state index is 0.329. The lowest BCUT2D eigenvalue weighted by molar-refractivity contribution is 0.273. The second-order valence-corrected chi connectivity index (χ2v) is 2.27. The predicted octanol–water partition coefficient (Wildman–Crippen LogP) is 1.45. The molecule has 0 bridgehead atoms. The SMILES string of the molecule is CCC1N=CC=[C]N1CC. The molecule has 1 radical (unpaired) electrons. The van der Waals surface area contributed by atoms with Crippen molar-refractivity contribution in [1.29, 1.82) is 0 Å². The first kappa shape index (κ1) is 7.32. The van der Waals surface area contributed by atoms with Gasteiger partial charge in [0.15, 0.2) is 0 Å². The van der Waals surface area contributed by atoms with Gasteiger partial charge in [-0.1, -0.05) is 6.92 Å². The molecule has 1 aliphatic rings. The van der Waals surface area contributed by atoms with E-state index in [9.17, 15) is 0 Å². The molecule has 0 aromatic heterocycles. The van der Waals surface area contributed by atoms with E-state index in [0.717, 1.165) is 13.0 Å². The van der Waals surface area contributed by atoms with Crippen LogP contribution in [0.3, 0.4) is 0 Å². The van der Waals surface area contributed by atoms with Crippen LogP contribution in [0.25, 0.3) is 0 Å². The number of nitrogens with zero attached hydrogens (tertiary/aromatic N) is 2. The van der Waals surface area contributed by atoms with Crippen LogP contribution in [-0.2, 0) is 0 Å². The summed E-state index contributed by atoms with van der Waals surface area (Å²) in [7, 11) is 0. The van der Waals surface area contributed by atoms with Crippen molar-refractivity contribution in [3.8, 4) is 0 Å². The smallest absolute Gasteiger partial charge is 0.120 e. The van der Waals surface area contributed by atoms with Crippen molar-refractivity contribution in [2.24, 2.45) is 4.99 Å². The van der Waals surface area contributed by atoms with Gasteiger partial charge in [-0.25, -0.2) is 0 Å². The van der Waals surface area contributed by atoms with Gasteiger partial charge in [-0.2, -0.15) is 0 Å². The first-order chi connectivity index (χ1) is 4.88. The van der Waals surface area contributed by atoms with Crippen LogP contribution >= 0.6 is 0 Å². The molecule has 1 unspecified atom stereocenters. The van der Waals surface area contributed by atoms with Gasteiger partial charge in [-0.15, -0.1) is 0 Å². The molecule has 1 aliphatic heterocycles. The van der Waals surface area contributed by atoms with Gasteiger partial charge in [0.2, 0.25) is 0 Å². The molecular weight excluding hydrogens is 124 g/mol. The molecule has 0 aromatic rings. The molecule has 0 amide bonds. The molecule has 0 spiro atoms. The van der Waals surface area contributed by atoms with E-state index in [-0.39, 0.29) is 0 Å². The van der Waals surface area contributed by atoms with E-state index in [2.05, 4.69) is 29.9 Å². The Balaban J connectivity index is 2.55. The molecule has 0 saturated heterocycles. The van der Waals surface area contributed by atoms with E-state index in [0.29, 0.717) is 6.17 Å². The maximum atomic E-state index is 4.28. The highest BCUT2D eigenvalue weighted by Gasteiger charge is 2.10. The zero-order chi connectivity index (χ0) is 7.40. The predicted molar refractivity (Wildman–Crippen MR) is 42.8 cm³/mol.